The van der Waals surface area contributed by atoms with E-state index in [0.717, 1.165) is 40.3 Å². The number of rotatable bonds is 10. The van der Waals surface area contributed by atoms with Gasteiger partial charge in [-0.2, -0.15) is 11.8 Å². The quantitative estimate of drug-likeness (QED) is 0.394. The second-order valence-electron chi connectivity index (χ2n) is 6.38. The molecule has 0 spiro atoms. The molecule has 4 aromatic rings. The van der Waals surface area contributed by atoms with Crippen LogP contribution in [-0.2, 0) is 4.74 Å². The summed E-state index contributed by atoms with van der Waals surface area (Å²) in [5.41, 5.74) is 2.23. The zero-order valence-electron chi connectivity index (χ0n) is 16.4. The minimum Gasteiger partial charge on any atom is -0.477 e. The maximum atomic E-state index is 6.06. The highest BCUT2D eigenvalue weighted by Crippen LogP contribution is 2.31. The Morgan fingerprint density at radius 3 is 3.00 bits per heavy atom. The molecule has 4 aromatic heterocycles. The van der Waals surface area contributed by atoms with Crippen LogP contribution in [0.15, 0.2) is 41.1 Å². The SMILES string of the molecule is COCCNc1nccc2oc(-c3cnc4ccc(OCCCSC)nn34)cc12. The summed E-state index contributed by atoms with van der Waals surface area (Å²) in [5.74, 6) is 3.06. The molecule has 8 nitrogen and oxygen atoms in total. The zero-order valence-corrected chi connectivity index (χ0v) is 17.2. The second kappa shape index (κ2) is 9.15. The maximum Gasteiger partial charge on any atom is 0.231 e. The normalized spacial score (nSPS) is 11.4. The fourth-order valence-corrected chi connectivity index (χ4v) is 3.39. The molecule has 0 aromatic carbocycles. The number of thioether (sulfide) groups is 1. The van der Waals surface area contributed by atoms with Gasteiger partial charge in [0.1, 0.15) is 17.1 Å². The molecule has 1 N–H and O–H groups in total. The molecule has 0 aliphatic heterocycles. The van der Waals surface area contributed by atoms with Crippen molar-refractivity contribution in [1.29, 1.82) is 0 Å². The van der Waals surface area contributed by atoms with E-state index in [-0.39, 0.29) is 0 Å². The van der Waals surface area contributed by atoms with E-state index in [1.807, 2.05) is 24.3 Å². The van der Waals surface area contributed by atoms with E-state index in [1.165, 1.54) is 0 Å². The number of aromatic nitrogens is 4. The maximum absolute atomic E-state index is 6.06. The van der Waals surface area contributed by atoms with Gasteiger partial charge in [0.2, 0.25) is 5.88 Å². The molecule has 0 bridgehead atoms. The van der Waals surface area contributed by atoms with E-state index in [4.69, 9.17) is 13.9 Å². The highest BCUT2D eigenvalue weighted by molar-refractivity contribution is 7.98. The zero-order chi connectivity index (χ0) is 20.1. The van der Waals surface area contributed by atoms with Crippen LogP contribution in [0.25, 0.3) is 28.1 Å². The first-order chi connectivity index (χ1) is 14.3. The largest absolute Gasteiger partial charge is 0.477 e. The van der Waals surface area contributed by atoms with Crippen LogP contribution >= 0.6 is 11.8 Å². The lowest BCUT2D eigenvalue weighted by Crippen LogP contribution is -2.08. The number of methoxy groups -OCH3 is 1. The Kier molecular flexibility index (Phi) is 6.16. The Balaban J connectivity index is 1.63. The van der Waals surface area contributed by atoms with Gasteiger partial charge in [-0.15, -0.1) is 5.10 Å². The Hall–Kier alpha value is -2.78. The molecule has 0 saturated carbocycles. The molecule has 0 aliphatic carbocycles. The molecule has 0 amide bonds. The third-order valence-corrected chi connectivity index (χ3v) is 5.07. The Morgan fingerprint density at radius 1 is 1.21 bits per heavy atom. The number of pyridine rings is 1. The number of ether oxygens (including phenoxy) is 2. The molecule has 0 fully saturated rings. The van der Waals surface area contributed by atoms with Crippen molar-refractivity contribution in [3.8, 4) is 17.3 Å². The third-order valence-electron chi connectivity index (χ3n) is 4.38. The molecule has 4 rings (SSSR count). The van der Waals surface area contributed by atoms with Crippen LogP contribution in [0.1, 0.15) is 6.42 Å². The van der Waals surface area contributed by atoms with E-state index >= 15 is 0 Å². The summed E-state index contributed by atoms with van der Waals surface area (Å²) in [4.78, 5) is 8.85. The molecule has 0 aliphatic rings. The van der Waals surface area contributed by atoms with Crippen molar-refractivity contribution in [2.24, 2.45) is 0 Å². The van der Waals surface area contributed by atoms with Crippen molar-refractivity contribution >= 4 is 34.2 Å². The first-order valence-electron chi connectivity index (χ1n) is 9.38. The average Bonchev–Trinajstić information content (AvgIpc) is 3.35. The van der Waals surface area contributed by atoms with E-state index in [0.29, 0.717) is 31.4 Å². The summed E-state index contributed by atoms with van der Waals surface area (Å²) in [6.07, 6.45) is 6.54. The van der Waals surface area contributed by atoms with E-state index in [1.54, 1.807) is 35.8 Å². The van der Waals surface area contributed by atoms with Gasteiger partial charge in [-0.25, -0.2) is 14.5 Å². The molecule has 29 heavy (non-hydrogen) atoms. The van der Waals surface area contributed by atoms with Crippen LogP contribution in [0.4, 0.5) is 5.82 Å². The number of furan rings is 1. The van der Waals surface area contributed by atoms with Gasteiger partial charge in [-0.05, 0) is 36.6 Å². The summed E-state index contributed by atoms with van der Waals surface area (Å²) < 4.78 is 18.7. The number of fused-ring (bicyclic) bond motifs is 2. The van der Waals surface area contributed by atoms with Crippen LogP contribution < -0.4 is 10.1 Å². The lowest BCUT2D eigenvalue weighted by Gasteiger charge is -2.05. The fourth-order valence-electron chi connectivity index (χ4n) is 2.98. The molecule has 4 heterocycles. The van der Waals surface area contributed by atoms with Crippen LogP contribution in [0.5, 0.6) is 5.88 Å². The lowest BCUT2D eigenvalue weighted by atomic mass is 10.2. The van der Waals surface area contributed by atoms with Gasteiger partial charge in [-0.3, -0.25) is 0 Å². The van der Waals surface area contributed by atoms with Gasteiger partial charge in [0.05, 0.1) is 24.8 Å². The Bertz CT molecular complexity index is 1090. The van der Waals surface area contributed by atoms with Crippen LogP contribution in [-0.4, -0.2) is 58.5 Å². The minimum atomic E-state index is 0.567. The van der Waals surface area contributed by atoms with Gasteiger partial charge in [0, 0.05) is 25.9 Å². The molecule has 0 radical (unpaired) electrons. The van der Waals surface area contributed by atoms with Gasteiger partial charge in [-0.1, -0.05) is 0 Å². The predicted octanol–water partition coefficient (Wildman–Crippen LogP) is 3.73. The Morgan fingerprint density at radius 2 is 2.14 bits per heavy atom. The van der Waals surface area contributed by atoms with E-state index < -0.39 is 0 Å². The number of anilines is 1. The molecule has 0 unspecified atom stereocenters. The van der Waals surface area contributed by atoms with E-state index in [9.17, 15) is 0 Å². The van der Waals surface area contributed by atoms with E-state index in [2.05, 4.69) is 26.6 Å². The van der Waals surface area contributed by atoms with Gasteiger partial charge in [0.15, 0.2) is 11.4 Å². The van der Waals surface area contributed by atoms with Crippen molar-refractivity contribution in [3.63, 3.8) is 0 Å². The topological polar surface area (TPSA) is 86.7 Å². The van der Waals surface area contributed by atoms with Crippen molar-refractivity contribution in [3.05, 3.63) is 36.7 Å². The van der Waals surface area contributed by atoms with Crippen molar-refractivity contribution in [1.82, 2.24) is 19.6 Å². The molecule has 152 valence electrons. The first kappa shape index (κ1) is 19.5. The monoisotopic (exact) mass is 413 g/mol. The average molecular weight is 414 g/mol. The third kappa shape index (κ3) is 4.30. The number of nitrogens with one attached hydrogen (secondary N) is 1. The molecule has 9 heteroatoms. The van der Waals surface area contributed by atoms with Crippen molar-refractivity contribution < 1.29 is 13.9 Å². The summed E-state index contributed by atoms with van der Waals surface area (Å²) in [6, 6.07) is 7.53. The van der Waals surface area contributed by atoms with Gasteiger partial charge < -0.3 is 19.2 Å². The highest BCUT2D eigenvalue weighted by atomic mass is 32.2. The predicted molar refractivity (Wildman–Crippen MR) is 115 cm³/mol. The van der Waals surface area contributed by atoms with Crippen LogP contribution in [0, 0.1) is 0 Å². The minimum absolute atomic E-state index is 0.567. The molecule has 0 saturated heterocycles. The standard InChI is InChI=1S/C20H23N5O3S/c1-26-10-8-22-20-14-12-17(28-16(14)6-7-21-20)15-13-23-18-4-5-19(24-25(15)18)27-9-3-11-29-2/h4-7,12-13H,3,8-11H2,1-2H3,(H,21,22). The number of hydrogen-bond donors (Lipinski definition) is 1. The number of hydrogen-bond acceptors (Lipinski definition) is 8. The van der Waals surface area contributed by atoms with Crippen molar-refractivity contribution in [2.45, 2.75) is 6.42 Å². The van der Waals surface area contributed by atoms with Crippen molar-refractivity contribution in [2.75, 3.05) is 44.2 Å². The summed E-state index contributed by atoms with van der Waals surface area (Å²) in [5, 5.41) is 8.75. The summed E-state index contributed by atoms with van der Waals surface area (Å²) in [7, 11) is 1.67. The number of imidazole rings is 1. The van der Waals surface area contributed by atoms with Gasteiger partial charge in [0.25, 0.3) is 0 Å². The highest BCUT2D eigenvalue weighted by Gasteiger charge is 2.15. The number of nitrogens with zero attached hydrogens (tertiary/aromatic N) is 4. The molecular weight excluding hydrogens is 390 g/mol. The second-order valence-corrected chi connectivity index (χ2v) is 7.37. The van der Waals surface area contributed by atoms with Crippen LogP contribution in [0.2, 0.25) is 0 Å². The summed E-state index contributed by atoms with van der Waals surface area (Å²) >= 11 is 1.80. The smallest absolute Gasteiger partial charge is 0.231 e. The molecule has 0 atom stereocenters. The van der Waals surface area contributed by atoms with Crippen LogP contribution in [0.3, 0.4) is 0 Å². The molecular formula is C20H23N5O3S. The lowest BCUT2D eigenvalue weighted by molar-refractivity contribution is 0.210. The Labute approximate surface area is 172 Å². The van der Waals surface area contributed by atoms with Gasteiger partial charge >= 0.3 is 0 Å². The first-order valence-corrected chi connectivity index (χ1v) is 10.8. The fraction of sp³-hybridized carbons (Fsp3) is 0.350. The summed E-state index contributed by atoms with van der Waals surface area (Å²) in [6.45, 7) is 1.90.